The Labute approximate surface area is 144 Å². The molecule has 2 heterocycles. The molecule has 0 bridgehead atoms. The summed E-state index contributed by atoms with van der Waals surface area (Å²) >= 11 is 5.79. The molecule has 24 heavy (non-hydrogen) atoms. The summed E-state index contributed by atoms with van der Waals surface area (Å²) in [4.78, 5) is 26.6. The smallest absolute Gasteiger partial charge is 0.262 e. The standard InChI is InChI=1S/C17H20ClFN2O3/c18-12-7-11(8-13(19)9-12)1-2-15(22)17(24)4-6-21(16(17)23)14-3-5-20-10-14/h7-9,14,20,24H,1-6,10H2/t14-,17?/m1/s1. The van der Waals surface area contributed by atoms with Crippen molar-refractivity contribution in [2.24, 2.45) is 0 Å². The Kier molecular flexibility index (Phi) is 4.90. The van der Waals surface area contributed by atoms with E-state index in [1.165, 1.54) is 12.1 Å². The van der Waals surface area contributed by atoms with Gasteiger partial charge in [-0.1, -0.05) is 11.6 Å². The zero-order chi connectivity index (χ0) is 17.3. The summed E-state index contributed by atoms with van der Waals surface area (Å²) < 4.78 is 13.3. The van der Waals surface area contributed by atoms with Crippen LogP contribution in [0.3, 0.4) is 0 Å². The van der Waals surface area contributed by atoms with Crippen LogP contribution in [-0.4, -0.2) is 53.0 Å². The monoisotopic (exact) mass is 354 g/mol. The minimum atomic E-state index is -1.94. The molecule has 2 aliphatic rings. The molecular weight excluding hydrogens is 335 g/mol. The molecule has 130 valence electrons. The number of hydrogen-bond donors (Lipinski definition) is 2. The molecule has 1 unspecified atom stereocenters. The molecule has 0 saturated carbocycles. The molecule has 0 aromatic heterocycles. The second-order valence-corrected chi connectivity index (χ2v) is 6.89. The molecule has 5 nitrogen and oxygen atoms in total. The van der Waals surface area contributed by atoms with Crippen LogP contribution in [0.4, 0.5) is 4.39 Å². The normalized spacial score (nSPS) is 27.0. The van der Waals surface area contributed by atoms with Gasteiger partial charge in [0.1, 0.15) is 5.82 Å². The molecule has 1 aromatic carbocycles. The Morgan fingerprint density at radius 2 is 2.25 bits per heavy atom. The van der Waals surface area contributed by atoms with E-state index in [0.29, 0.717) is 18.7 Å². The highest BCUT2D eigenvalue weighted by Crippen LogP contribution is 2.29. The first-order valence-electron chi connectivity index (χ1n) is 8.12. The first kappa shape index (κ1) is 17.3. The Bertz CT molecular complexity index is 643. The maximum absolute atomic E-state index is 13.3. The van der Waals surface area contributed by atoms with Gasteiger partial charge in [-0.15, -0.1) is 0 Å². The highest BCUT2D eigenvalue weighted by molar-refractivity contribution is 6.30. The Hall–Kier alpha value is -1.50. The third-order valence-corrected chi connectivity index (χ3v) is 5.05. The van der Waals surface area contributed by atoms with Gasteiger partial charge in [-0.25, -0.2) is 4.39 Å². The number of benzene rings is 1. The molecule has 2 saturated heterocycles. The number of carbonyl (C=O) groups excluding carboxylic acids is 2. The van der Waals surface area contributed by atoms with Crippen LogP contribution >= 0.6 is 11.6 Å². The van der Waals surface area contributed by atoms with Crippen molar-refractivity contribution in [1.29, 1.82) is 0 Å². The van der Waals surface area contributed by atoms with E-state index in [1.54, 1.807) is 11.0 Å². The van der Waals surface area contributed by atoms with E-state index in [9.17, 15) is 19.1 Å². The molecule has 1 aromatic rings. The van der Waals surface area contributed by atoms with Crippen LogP contribution in [0.15, 0.2) is 18.2 Å². The van der Waals surface area contributed by atoms with Crippen molar-refractivity contribution in [3.63, 3.8) is 0 Å². The summed E-state index contributed by atoms with van der Waals surface area (Å²) in [7, 11) is 0. The molecule has 2 N–H and O–H groups in total. The van der Waals surface area contributed by atoms with E-state index >= 15 is 0 Å². The summed E-state index contributed by atoms with van der Waals surface area (Å²) in [6, 6.07) is 4.11. The lowest BCUT2D eigenvalue weighted by molar-refractivity contribution is -0.154. The molecular formula is C17H20ClFN2O3. The third-order valence-electron chi connectivity index (χ3n) is 4.83. The number of aliphatic hydroxyl groups is 1. The van der Waals surface area contributed by atoms with Gasteiger partial charge in [0.2, 0.25) is 5.60 Å². The maximum atomic E-state index is 13.3. The molecule has 3 rings (SSSR count). The van der Waals surface area contributed by atoms with Gasteiger partial charge in [-0.2, -0.15) is 0 Å². The second kappa shape index (κ2) is 6.78. The zero-order valence-corrected chi connectivity index (χ0v) is 14.0. The van der Waals surface area contributed by atoms with Crippen LogP contribution in [0.2, 0.25) is 5.02 Å². The number of likely N-dealkylation sites (tertiary alicyclic amines) is 1. The van der Waals surface area contributed by atoms with E-state index in [0.717, 1.165) is 13.0 Å². The predicted molar refractivity (Wildman–Crippen MR) is 87.3 cm³/mol. The van der Waals surface area contributed by atoms with Crippen LogP contribution in [0.5, 0.6) is 0 Å². The van der Waals surface area contributed by atoms with Gasteiger partial charge in [0.25, 0.3) is 5.91 Å². The number of ketones is 1. The average Bonchev–Trinajstić information content (AvgIpc) is 3.14. The molecule has 1 amide bonds. The lowest BCUT2D eigenvalue weighted by Crippen LogP contribution is -2.49. The minimum absolute atomic E-state index is 0.0290. The van der Waals surface area contributed by atoms with Crippen LogP contribution in [0, 0.1) is 5.82 Å². The minimum Gasteiger partial charge on any atom is -0.373 e. The van der Waals surface area contributed by atoms with E-state index in [-0.39, 0.29) is 30.3 Å². The van der Waals surface area contributed by atoms with Crippen molar-refractivity contribution in [1.82, 2.24) is 10.2 Å². The number of amides is 1. The van der Waals surface area contributed by atoms with Gasteiger partial charge in [-0.3, -0.25) is 9.59 Å². The SMILES string of the molecule is O=C(CCc1cc(F)cc(Cl)c1)C1(O)CCN([C@@H]2CCNC2)C1=O. The molecule has 2 aliphatic heterocycles. The lowest BCUT2D eigenvalue weighted by atomic mass is 9.92. The van der Waals surface area contributed by atoms with Crippen molar-refractivity contribution in [2.45, 2.75) is 37.3 Å². The van der Waals surface area contributed by atoms with Gasteiger partial charge in [0, 0.05) is 37.0 Å². The Morgan fingerprint density at radius 1 is 1.46 bits per heavy atom. The highest BCUT2D eigenvalue weighted by Gasteiger charge is 2.52. The fraction of sp³-hybridized carbons (Fsp3) is 0.529. The number of rotatable bonds is 5. The number of halogens is 2. The van der Waals surface area contributed by atoms with Crippen LogP contribution in [-0.2, 0) is 16.0 Å². The van der Waals surface area contributed by atoms with Gasteiger partial charge >= 0.3 is 0 Å². The molecule has 7 heteroatoms. The van der Waals surface area contributed by atoms with Crippen molar-refractivity contribution in [3.05, 3.63) is 34.6 Å². The van der Waals surface area contributed by atoms with Crippen molar-refractivity contribution < 1.29 is 19.1 Å². The summed E-state index contributed by atoms with van der Waals surface area (Å²) in [5.74, 6) is -1.49. The Morgan fingerprint density at radius 3 is 2.92 bits per heavy atom. The number of nitrogens with one attached hydrogen (secondary N) is 1. The summed E-state index contributed by atoms with van der Waals surface area (Å²) in [5, 5.41) is 14.0. The largest absolute Gasteiger partial charge is 0.373 e. The lowest BCUT2D eigenvalue weighted by Gasteiger charge is -2.25. The van der Waals surface area contributed by atoms with E-state index in [4.69, 9.17) is 11.6 Å². The average molecular weight is 355 g/mol. The van der Waals surface area contributed by atoms with E-state index in [1.807, 2.05) is 0 Å². The zero-order valence-electron chi connectivity index (χ0n) is 13.2. The predicted octanol–water partition coefficient (Wildman–Crippen LogP) is 1.31. The first-order valence-corrected chi connectivity index (χ1v) is 8.50. The number of carbonyl (C=O) groups is 2. The van der Waals surface area contributed by atoms with Crippen LogP contribution in [0.25, 0.3) is 0 Å². The number of hydrogen-bond acceptors (Lipinski definition) is 4. The molecule has 0 radical (unpaired) electrons. The van der Waals surface area contributed by atoms with Gasteiger partial charge in [0.05, 0.1) is 0 Å². The molecule has 2 fully saturated rings. The number of Topliss-reactive ketones (excluding diaryl/α,β-unsaturated/α-hetero) is 1. The van der Waals surface area contributed by atoms with Crippen molar-refractivity contribution in [3.8, 4) is 0 Å². The van der Waals surface area contributed by atoms with Crippen LogP contribution < -0.4 is 5.32 Å². The topological polar surface area (TPSA) is 69.6 Å². The highest BCUT2D eigenvalue weighted by atomic mass is 35.5. The summed E-state index contributed by atoms with van der Waals surface area (Å²) in [6.45, 7) is 1.91. The molecule has 0 aliphatic carbocycles. The number of nitrogens with zero attached hydrogens (tertiary/aromatic N) is 1. The second-order valence-electron chi connectivity index (χ2n) is 6.46. The molecule has 2 atom stereocenters. The summed E-state index contributed by atoms with van der Waals surface area (Å²) in [6.07, 6.45) is 1.15. The van der Waals surface area contributed by atoms with E-state index < -0.39 is 23.1 Å². The van der Waals surface area contributed by atoms with Crippen molar-refractivity contribution in [2.75, 3.05) is 19.6 Å². The fourth-order valence-electron chi connectivity index (χ4n) is 3.46. The fourth-order valence-corrected chi connectivity index (χ4v) is 3.71. The van der Waals surface area contributed by atoms with Gasteiger partial charge in [0.15, 0.2) is 5.78 Å². The van der Waals surface area contributed by atoms with Gasteiger partial charge < -0.3 is 15.3 Å². The number of aryl methyl sites for hydroxylation is 1. The van der Waals surface area contributed by atoms with Crippen molar-refractivity contribution >= 4 is 23.3 Å². The van der Waals surface area contributed by atoms with Crippen LogP contribution in [0.1, 0.15) is 24.8 Å². The Balaban J connectivity index is 1.64. The van der Waals surface area contributed by atoms with E-state index in [2.05, 4.69) is 5.32 Å². The first-order chi connectivity index (χ1) is 11.4. The quantitative estimate of drug-likeness (QED) is 0.782. The van der Waals surface area contributed by atoms with Gasteiger partial charge in [-0.05, 0) is 43.1 Å². The molecule has 0 spiro atoms. The maximum Gasteiger partial charge on any atom is 0.262 e. The summed E-state index contributed by atoms with van der Waals surface area (Å²) in [5.41, 5.74) is -1.38. The third kappa shape index (κ3) is 3.31.